The predicted molar refractivity (Wildman–Crippen MR) is 64.8 cm³/mol. The summed E-state index contributed by atoms with van der Waals surface area (Å²) in [4.78, 5) is 15.4. The summed E-state index contributed by atoms with van der Waals surface area (Å²) in [6, 6.07) is 0. The van der Waals surface area contributed by atoms with Crippen LogP contribution in [0.4, 0.5) is 0 Å². The second kappa shape index (κ2) is 5.29. The lowest BCUT2D eigenvalue weighted by Crippen LogP contribution is -2.19. The van der Waals surface area contributed by atoms with Crippen LogP contribution in [0, 0.1) is 11.8 Å². The van der Waals surface area contributed by atoms with Gasteiger partial charge in [0.15, 0.2) is 5.82 Å². The molecule has 1 aromatic heterocycles. The number of aromatic nitrogens is 3. The molecular formula is C12H21N3O2. The lowest BCUT2D eigenvalue weighted by molar-refractivity contribution is -0.141. The van der Waals surface area contributed by atoms with Gasteiger partial charge in [0.05, 0.1) is 5.92 Å². The normalized spacial score (nSPS) is 14.9. The molecule has 0 aliphatic rings. The van der Waals surface area contributed by atoms with Crippen LogP contribution >= 0.6 is 0 Å². The SMILES string of the molecule is CC(C)Cc1nc(C(C)C(C)C(=O)O)n(C)n1. The molecule has 5 heteroatoms. The van der Waals surface area contributed by atoms with E-state index in [-0.39, 0.29) is 5.92 Å². The first-order chi connectivity index (χ1) is 7.82. The molecule has 0 saturated heterocycles. The lowest BCUT2D eigenvalue weighted by atomic mass is 9.95. The van der Waals surface area contributed by atoms with Gasteiger partial charge in [0.25, 0.3) is 0 Å². The van der Waals surface area contributed by atoms with Gasteiger partial charge in [-0.05, 0) is 5.92 Å². The van der Waals surface area contributed by atoms with Crippen LogP contribution in [0.25, 0.3) is 0 Å². The minimum Gasteiger partial charge on any atom is -0.481 e. The summed E-state index contributed by atoms with van der Waals surface area (Å²) in [7, 11) is 1.82. The Kier molecular flexibility index (Phi) is 4.26. The fourth-order valence-corrected chi connectivity index (χ4v) is 1.74. The van der Waals surface area contributed by atoms with Crippen molar-refractivity contribution in [1.82, 2.24) is 14.8 Å². The lowest BCUT2D eigenvalue weighted by Gasteiger charge is -2.14. The van der Waals surface area contributed by atoms with Crippen molar-refractivity contribution in [3.05, 3.63) is 11.6 Å². The van der Waals surface area contributed by atoms with E-state index >= 15 is 0 Å². The van der Waals surface area contributed by atoms with Crippen LogP contribution in [0.1, 0.15) is 45.3 Å². The Morgan fingerprint density at radius 3 is 2.41 bits per heavy atom. The first-order valence-corrected chi connectivity index (χ1v) is 5.95. The highest BCUT2D eigenvalue weighted by Crippen LogP contribution is 2.22. The third-order valence-corrected chi connectivity index (χ3v) is 2.98. The Morgan fingerprint density at radius 2 is 1.94 bits per heavy atom. The van der Waals surface area contributed by atoms with Gasteiger partial charge in [-0.3, -0.25) is 9.48 Å². The molecule has 1 rings (SSSR count). The van der Waals surface area contributed by atoms with Gasteiger partial charge in [-0.1, -0.05) is 27.7 Å². The zero-order valence-electron chi connectivity index (χ0n) is 11.1. The molecule has 0 saturated carbocycles. The van der Waals surface area contributed by atoms with E-state index in [1.807, 2.05) is 14.0 Å². The molecule has 2 atom stereocenters. The highest BCUT2D eigenvalue weighted by atomic mass is 16.4. The van der Waals surface area contributed by atoms with Gasteiger partial charge >= 0.3 is 5.97 Å². The van der Waals surface area contributed by atoms with Gasteiger partial charge in [0.2, 0.25) is 0 Å². The quantitative estimate of drug-likeness (QED) is 0.851. The van der Waals surface area contributed by atoms with Crippen LogP contribution in [-0.4, -0.2) is 25.8 Å². The van der Waals surface area contributed by atoms with Crippen molar-refractivity contribution in [2.75, 3.05) is 0 Å². The highest BCUT2D eigenvalue weighted by molar-refractivity contribution is 5.70. The Hall–Kier alpha value is -1.39. The van der Waals surface area contributed by atoms with Crippen molar-refractivity contribution in [3.63, 3.8) is 0 Å². The summed E-state index contributed by atoms with van der Waals surface area (Å²) >= 11 is 0. The van der Waals surface area contributed by atoms with Crippen molar-refractivity contribution in [3.8, 4) is 0 Å². The topological polar surface area (TPSA) is 68.0 Å². The molecule has 1 N–H and O–H groups in total. The third-order valence-electron chi connectivity index (χ3n) is 2.98. The molecular weight excluding hydrogens is 218 g/mol. The van der Waals surface area contributed by atoms with Gasteiger partial charge in [0.1, 0.15) is 5.82 Å². The smallest absolute Gasteiger partial charge is 0.306 e. The van der Waals surface area contributed by atoms with Crippen LogP contribution in [0.2, 0.25) is 0 Å². The number of carbonyl (C=O) groups is 1. The Labute approximate surface area is 102 Å². The maximum atomic E-state index is 11.0. The van der Waals surface area contributed by atoms with E-state index in [1.165, 1.54) is 0 Å². The highest BCUT2D eigenvalue weighted by Gasteiger charge is 2.25. The van der Waals surface area contributed by atoms with E-state index in [0.29, 0.717) is 5.92 Å². The van der Waals surface area contributed by atoms with E-state index in [9.17, 15) is 4.79 Å². The number of nitrogens with zero attached hydrogens (tertiary/aromatic N) is 3. The second-order valence-corrected chi connectivity index (χ2v) is 5.02. The van der Waals surface area contributed by atoms with E-state index in [4.69, 9.17) is 5.11 Å². The molecule has 0 bridgehead atoms. The number of aryl methyl sites for hydroxylation is 1. The number of carboxylic acids is 1. The molecule has 2 unspecified atom stereocenters. The number of hydrogen-bond acceptors (Lipinski definition) is 3. The molecule has 0 radical (unpaired) electrons. The van der Waals surface area contributed by atoms with Crippen LogP contribution in [0.15, 0.2) is 0 Å². The van der Waals surface area contributed by atoms with Crippen molar-refractivity contribution >= 4 is 5.97 Å². The van der Waals surface area contributed by atoms with E-state index in [1.54, 1.807) is 11.6 Å². The zero-order valence-corrected chi connectivity index (χ0v) is 11.1. The van der Waals surface area contributed by atoms with E-state index in [2.05, 4.69) is 23.9 Å². The number of carboxylic acid groups (broad SMARTS) is 1. The van der Waals surface area contributed by atoms with Crippen LogP contribution in [-0.2, 0) is 18.3 Å². The molecule has 0 spiro atoms. The number of hydrogen-bond donors (Lipinski definition) is 1. The van der Waals surface area contributed by atoms with E-state index in [0.717, 1.165) is 18.1 Å². The molecule has 17 heavy (non-hydrogen) atoms. The third kappa shape index (κ3) is 3.28. The van der Waals surface area contributed by atoms with Crippen LogP contribution < -0.4 is 0 Å². The minimum atomic E-state index is -0.800. The molecule has 0 fully saturated rings. The molecule has 1 aromatic rings. The maximum Gasteiger partial charge on any atom is 0.306 e. The first kappa shape index (κ1) is 13.7. The molecule has 0 aliphatic carbocycles. The molecule has 96 valence electrons. The fraction of sp³-hybridized carbons (Fsp3) is 0.750. The Balaban J connectivity index is 2.90. The molecule has 1 heterocycles. The minimum absolute atomic E-state index is 0.133. The van der Waals surface area contributed by atoms with Crippen molar-refractivity contribution < 1.29 is 9.90 Å². The molecule has 0 aromatic carbocycles. The van der Waals surface area contributed by atoms with Gasteiger partial charge < -0.3 is 5.11 Å². The average molecular weight is 239 g/mol. The summed E-state index contributed by atoms with van der Waals surface area (Å²) in [5.74, 6) is 0.650. The largest absolute Gasteiger partial charge is 0.481 e. The van der Waals surface area contributed by atoms with Crippen molar-refractivity contribution in [2.45, 2.75) is 40.0 Å². The Bertz CT molecular complexity index is 398. The summed E-state index contributed by atoms with van der Waals surface area (Å²) in [5, 5.41) is 13.3. The average Bonchev–Trinajstić information content (AvgIpc) is 2.56. The standard InChI is InChI=1S/C12H21N3O2/c1-7(2)6-10-13-11(15(5)14-10)8(3)9(4)12(16)17/h7-9H,6H2,1-5H3,(H,16,17). The van der Waals surface area contributed by atoms with Gasteiger partial charge in [-0.25, -0.2) is 4.98 Å². The molecule has 0 amide bonds. The maximum absolute atomic E-state index is 11.0. The number of aliphatic carboxylic acids is 1. The summed E-state index contributed by atoms with van der Waals surface area (Å²) in [5.41, 5.74) is 0. The van der Waals surface area contributed by atoms with Gasteiger partial charge in [0, 0.05) is 19.4 Å². The molecule has 0 aliphatic heterocycles. The Morgan fingerprint density at radius 1 is 1.35 bits per heavy atom. The van der Waals surface area contributed by atoms with Gasteiger partial charge in [-0.15, -0.1) is 0 Å². The summed E-state index contributed by atoms with van der Waals surface area (Å²) in [6.07, 6.45) is 0.821. The van der Waals surface area contributed by atoms with Crippen LogP contribution in [0.3, 0.4) is 0 Å². The predicted octanol–water partition coefficient (Wildman–Crippen LogP) is 1.84. The first-order valence-electron chi connectivity index (χ1n) is 5.95. The monoisotopic (exact) mass is 239 g/mol. The second-order valence-electron chi connectivity index (χ2n) is 5.02. The molecule has 5 nitrogen and oxygen atoms in total. The van der Waals surface area contributed by atoms with Gasteiger partial charge in [-0.2, -0.15) is 5.10 Å². The van der Waals surface area contributed by atoms with Crippen molar-refractivity contribution in [2.24, 2.45) is 18.9 Å². The fourth-order valence-electron chi connectivity index (χ4n) is 1.74. The van der Waals surface area contributed by atoms with Crippen molar-refractivity contribution in [1.29, 1.82) is 0 Å². The summed E-state index contributed by atoms with van der Waals surface area (Å²) in [6.45, 7) is 7.80. The number of rotatable bonds is 5. The summed E-state index contributed by atoms with van der Waals surface area (Å²) < 4.78 is 1.70. The van der Waals surface area contributed by atoms with E-state index < -0.39 is 11.9 Å². The van der Waals surface area contributed by atoms with Crippen LogP contribution in [0.5, 0.6) is 0 Å². The zero-order chi connectivity index (χ0) is 13.2.